The van der Waals surface area contributed by atoms with Gasteiger partial charge < -0.3 is 14.7 Å². The van der Waals surface area contributed by atoms with Crippen molar-refractivity contribution in [3.05, 3.63) is 63.9 Å². The maximum atomic E-state index is 12.3. The van der Waals surface area contributed by atoms with Gasteiger partial charge in [-0.15, -0.1) is 0 Å². The molecule has 0 spiro atoms. The molecule has 0 unspecified atom stereocenters. The van der Waals surface area contributed by atoms with Gasteiger partial charge in [-0.1, -0.05) is 34.4 Å². The number of hydrogen-bond acceptors (Lipinski definition) is 4. The van der Waals surface area contributed by atoms with Crippen molar-refractivity contribution in [2.45, 2.75) is 13.3 Å². The SMILES string of the molecule is Cc1ccc(NC(=O)N(C)CCc2noc(-c3ccc(Cl)cc3)n2)c(Cl)c1. The van der Waals surface area contributed by atoms with Gasteiger partial charge in [0.2, 0.25) is 0 Å². The van der Waals surface area contributed by atoms with Crippen LogP contribution >= 0.6 is 23.2 Å². The molecule has 2 aromatic carbocycles. The Labute approximate surface area is 167 Å². The zero-order chi connectivity index (χ0) is 19.4. The highest BCUT2D eigenvalue weighted by Crippen LogP contribution is 2.23. The number of carbonyl (C=O) groups excluding carboxylic acids is 1. The van der Waals surface area contributed by atoms with Crippen molar-refractivity contribution >= 4 is 34.9 Å². The minimum absolute atomic E-state index is 0.262. The molecule has 0 saturated carbocycles. The summed E-state index contributed by atoms with van der Waals surface area (Å²) in [6.07, 6.45) is 0.461. The fraction of sp³-hybridized carbons (Fsp3) is 0.211. The molecule has 0 radical (unpaired) electrons. The number of nitrogens with one attached hydrogen (secondary N) is 1. The number of amides is 2. The number of halogens is 2. The molecular formula is C19H18Cl2N4O2. The van der Waals surface area contributed by atoms with Crippen LogP contribution in [0.2, 0.25) is 10.0 Å². The quantitative estimate of drug-likeness (QED) is 0.644. The lowest BCUT2D eigenvalue weighted by atomic mass is 10.2. The molecule has 8 heteroatoms. The third-order valence-corrected chi connectivity index (χ3v) is 4.51. The molecule has 3 aromatic rings. The maximum absolute atomic E-state index is 12.3. The summed E-state index contributed by atoms with van der Waals surface area (Å²) >= 11 is 12.0. The molecule has 0 bridgehead atoms. The molecule has 0 aliphatic rings. The van der Waals surface area contributed by atoms with Crippen LogP contribution in [0.4, 0.5) is 10.5 Å². The Morgan fingerprint density at radius 3 is 2.63 bits per heavy atom. The summed E-state index contributed by atoms with van der Waals surface area (Å²) in [5.41, 5.74) is 2.39. The van der Waals surface area contributed by atoms with Gasteiger partial charge in [-0.3, -0.25) is 0 Å². The van der Waals surface area contributed by atoms with Crippen molar-refractivity contribution in [2.75, 3.05) is 18.9 Å². The molecule has 0 aliphatic carbocycles. The number of anilines is 1. The normalized spacial score (nSPS) is 10.7. The topological polar surface area (TPSA) is 71.3 Å². The Bertz CT molecular complexity index is 941. The van der Waals surface area contributed by atoms with E-state index in [-0.39, 0.29) is 6.03 Å². The number of rotatable bonds is 5. The fourth-order valence-electron chi connectivity index (χ4n) is 2.37. The van der Waals surface area contributed by atoms with Gasteiger partial charge in [0.15, 0.2) is 5.82 Å². The van der Waals surface area contributed by atoms with Gasteiger partial charge >= 0.3 is 6.03 Å². The van der Waals surface area contributed by atoms with Crippen molar-refractivity contribution in [1.29, 1.82) is 0 Å². The molecule has 0 saturated heterocycles. The molecule has 6 nitrogen and oxygen atoms in total. The highest BCUT2D eigenvalue weighted by molar-refractivity contribution is 6.33. The molecule has 1 aromatic heterocycles. The summed E-state index contributed by atoms with van der Waals surface area (Å²) in [7, 11) is 1.69. The Morgan fingerprint density at radius 1 is 1.19 bits per heavy atom. The zero-order valence-corrected chi connectivity index (χ0v) is 16.4. The summed E-state index contributed by atoms with van der Waals surface area (Å²) in [5, 5.41) is 7.88. The van der Waals surface area contributed by atoms with Crippen LogP contribution in [0.3, 0.4) is 0 Å². The highest BCUT2D eigenvalue weighted by atomic mass is 35.5. The average Bonchev–Trinajstić information content (AvgIpc) is 3.11. The molecular weight excluding hydrogens is 387 g/mol. The lowest BCUT2D eigenvalue weighted by Crippen LogP contribution is -2.33. The van der Waals surface area contributed by atoms with Crippen molar-refractivity contribution in [2.24, 2.45) is 0 Å². The van der Waals surface area contributed by atoms with Crippen LogP contribution in [0, 0.1) is 6.92 Å². The first-order valence-corrected chi connectivity index (χ1v) is 9.05. The second-order valence-corrected chi connectivity index (χ2v) is 6.95. The number of aromatic nitrogens is 2. The number of carbonyl (C=O) groups is 1. The van der Waals surface area contributed by atoms with Crippen molar-refractivity contribution in [1.82, 2.24) is 15.0 Å². The van der Waals surface area contributed by atoms with Crippen LogP contribution in [0.1, 0.15) is 11.4 Å². The second-order valence-electron chi connectivity index (χ2n) is 6.11. The van der Waals surface area contributed by atoms with Gasteiger partial charge in [0.05, 0.1) is 10.7 Å². The van der Waals surface area contributed by atoms with Crippen LogP contribution in [0.15, 0.2) is 47.0 Å². The van der Waals surface area contributed by atoms with Crippen molar-refractivity contribution < 1.29 is 9.32 Å². The molecule has 0 atom stereocenters. The van der Waals surface area contributed by atoms with Crippen LogP contribution in [-0.4, -0.2) is 34.7 Å². The third-order valence-electron chi connectivity index (χ3n) is 3.94. The number of nitrogens with zero attached hydrogens (tertiary/aromatic N) is 3. The van der Waals surface area contributed by atoms with Gasteiger partial charge in [-0.05, 0) is 48.9 Å². The third kappa shape index (κ3) is 4.99. The van der Waals surface area contributed by atoms with E-state index in [1.54, 1.807) is 31.3 Å². The van der Waals surface area contributed by atoms with E-state index in [9.17, 15) is 4.79 Å². The molecule has 140 valence electrons. The monoisotopic (exact) mass is 404 g/mol. The predicted molar refractivity (Wildman–Crippen MR) is 106 cm³/mol. The first kappa shape index (κ1) is 19.2. The lowest BCUT2D eigenvalue weighted by Gasteiger charge is -2.17. The Hall–Kier alpha value is -2.57. The van der Waals surface area contributed by atoms with E-state index in [4.69, 9.17) is 27.7 Å². The summed E-state index contributed by atoms with van der Waals surface area (Å²) in [6.45, 7) is 2.36. The molecule has 1 heterocycles. The summed E-state index contributed by atoms with van der Waals surface area (Å²) in [6, 6.07) is 12.3. The number of aryl methyl sites for hydroxylation is 1. The summed E-state index contributed by atoms with van der Waals surface area (Å²) < 4.78 is 5.27. The first-order valence-electron chi connectivity index (χ1n) is 8.29. The van der Waals surface area contributed by atoms with Gasteiger partial charge in [0.25, 0.3) is 5.89 Å². The number of urea groups is 1. The highest BCUT2D eigenvalue weighted by Gasteiger charge is 2.14. The molecule has 0 aliphatic heterocycles. The van der Waals surface area contributed by atoms with E-state index < -0.39 is 0 Å². The van der Waals surface area contributed by atoms with Crippen molar-refractivity contribution in [3.8, 4) is 11.5 Å². The number of likely N-dealkylation sites (N-methyl/N-ethyl adjacent to an activating group) is 1. The predicted octanol–water partition coefficient (Wildman–Crippen LogP) is 5.06. The van der Waals surface area contributed by atoms with Crippen LogP contribution in [0.25, 0.3) is 11.5 Å². The molecule has 2 amide bonds. The molecule has 27 heavy (non-hydrogen) atoms. The van der Waals surface area contributed by atoms with Crippen LogP contribution in [0.5, 0.6) is 0 Å². The molecule has 3 rings (SSSR count). The minimum atomic E-state index is -0.262. The molecule has 0 fully saturated rings. The minimum Gasteiger partial charge on any atom is -0.334 e. The zero-order valence-electron chi connectivity index (χ0n) is 14.9. The van der Waals surface area contributed by atoms with Crippen molar-refractivity contribution in [3.63, 3.8) is 0 Å². The maximum Gasteiger partial charge on any atom is 0.321 e. The fourth-order valence-corrected chi connectivity index (χ4v) is 2.77. The van der Waals surface area contributed by atoms with Crippen LogP contribution < -0.4 is 5.32 Å². The number of benzene rings is 2. The van der Waals surface area contributed by atoms with Gasteiger partial charge in [-0.2, -0.15) is 4.98 Å². The lowest BCUT2D eigenvalue weighted by molar-refractivity contribution is 0.222. The van der Waals surface area contributed by atoms with E-state index in [0.29, 0.717) is 40.4 Å². The largest absolute Gasteiger partial charge is 0.334 e. The summed E-state index contributed by atoms with van der Waals surface area (Å²) in [4.78, 5) is 18.2. The van der Waals surface area contributed by atoms with E-state index in [1.807, 2.05) is 25.1 Å². The summed E-state index contributed by atoms with van der Waals surface area (Å²) in [5.74, 6) is 0.938. The number of hydrogen-bond donors (Lipinski definition) is 1. The first-order chi connectivity index (χ1) is 12.9. The van der Waals surface area contributed by atoms with E-state index in [1.165, 1.54) is 4.90 Å². The Balaban J connectivity index is 1.56. The van der Waals surface area contributed by atoms with Gasteiger partial charge in [0, 0.05) is 30.6 Å². The van der Waals surface area contributed by atoms with E-state index in [2.05, 4.69) is 15.5 Å². The average molecular weight is 405 g/mol. The van der Waals surface area contributed by atoms with Crippen LogP contribution in [-0.2, 0) is 6.42 Å². The molecule has 1 N–H and O–H groups in total. The smallest absolute Gasteiger partial charge is 0.321 e. The van der Waals surface area contributed by atoms with Gasteiger partial charge in [0.1, 0.15) is 0 Å². The van der Waals surface area contributed by atoms with Gasteiger partial charge in [-0.25, -0.2) is 4.79 Å². The Kier molecular flexibility index (Phi) is 5.98. The Morgan fingerprint density at radius 2 is 1.93 bits per heavy atom. The van der Waals surface area contributed by atoms with E-state index in [0.717, 1.165) is 11.1 Å². The van der Waals surface area contributed by atoms with E-state index >= 15 is 0 Å². The second kappa shape index (κ2) is 8.41. The standard InChI is InChI=1S/C19H18Cl2N4O2/c1-12-3-8-16(15(21)11-12)22-19(26)25(2)10-9-17-23-18(27-24-17)13-4-6-14(20)7-5-13/h3-8,11H,9-10H2,1-2H3,(H,22,26).